The Morgan fingerprint density at radius 3 is 2.56 bits per heavy atom. The highest BCUT2D eigenvalue weighted by Gasteiger charge is 2.24. The second-order valence-electron chi connectivity index (χ2n) is 4.83. The Morgan fingerprint density at radius 1 is 1.39 bits per heavy atom. The summed E-state index contributed by atoms with van der Waals surface area (Å²) >= 11 is 7.93. The van der Waals surface area contributed by atoms with Gasteiger partial charge in [0.15, 0.2) is 0 Å². The van der Waals surface area contributed by atoms with Crippen LogP contribution >= 0.6 is 23.4 Å². The van der Waals surface area contributed by atoms with E-state index in [0.29, 0.717) is 6.04 Å². The van der Waals surface area contributed by atoms with Crippen molar-refractivity contribution in [2.75, 3.05) is 19.1 Å². The average molecular weight is 287 g/mol. The molecule has 18 heavy (non-hydrogen) atoms. The molecule has 0 heterocycles. The summed E-state index contributed by atoms with van der Waals surface area (Å²) < 4.78 is 0. The van der Waals surface area contributed by atoms with Gasteiger partial charge in [-0.1, -0.05) is 23.7 Å². The van der Waals surface area contributed by atoms with Crippen LogP contribution in [0.5, 0.6) is 0 Å². The molecule has 0 bridgehead atoms. The molecule has 0 amide bonds. The maximum atomic E-state index is 6.16. The predicted molar refractivity (Wildman–Crippen MR) is 83.4 cm³/mol. The van der Waals surface area contributed by atoms with Crippen molar-refractivity contribution in [3.05, 3.63) is 34.9 Å². The number of likely N-dealkylation sites (N-methyl/N-ethyl adjacent to an activating group) is 1. The third-order valence-electron chi connectivity index (χ3n) is 3.23. The minimum atomic E-state index is 0.0674. The zero-order valence-corrected chi connectivity index (χ0v) is 13.1. The van der Waals surface area contributed by atoms with Crippen LogP contribution in [-0.4, -0.2) is 36.0 Å². The van der Waals surface area contributed by atoms with Crippen molar-refractivity contribution < 1.29 is 0 Å². The molecule has 0 aromatic heterocycles. The van der Waals surface area contributed by atoms with Crippen molar-refractivity contribution in [1.82, 2.24) is 4.90 Å². The van der Waals surface area contributed by atoms with Crippen molar-refractivity contribution in [2.24, 2.45) is 5.73 Å². The zero-order valence-electron chi connectivity index (χ0n) is 11.6. The van der Waals surface area contributed by atoms with Crippen LogP contribution in [0, 0.1) is 0 Å². The van der Waals surface area contributed by atoms with E-state index in [1.807, 2.05) is 36.9 Å². The molecule has 1 aromatic rings. The van der Waals surface area contributed by atoms with Crippen LogP contribution in [0.4, 0.5) is 0 Å². The summed E-state index contributed by atoms with van der Waals surface area (Å²) in [5.74, 6) is 1.10. The lowest BCUT2D eigenvalue weighted by atomic mass is 9.98. The van der Waals surface area contributed by atoms with E-state index < -0.39 is 0 Å². The van der Waals surface area contributed by atoms with Crippen LogP contribution in [-0.2, 0) is 0 Å². The standard InChI is InChI=1S/C14H23ClN2S/c1-10(9-18-4)17(3)14(11(2)16)12-6-5-7-13(15)8-12/h5-8,10-11,14H,9,16H2,1-4H3. The minimum absolute atomic E-state index is 0.0674. The Kier molecular flexibility index (Phi) is 6.50. The van der Waals surface area contributed by atoms with Crippen molar-refractivity contribution in [2.45, 2.75) is 32.0 Å². The number of thioether (sulfide) groups is 1. The Balaban J connectivity index is 2.95. The highest BCUT2D eigenvalue weighted by molar-refractivity contribution is 7.98. The Labute approximate surface area is 120 Å². The molecule has 3 atom stereocenters. The molecule has 102 valence electrons. The Bertz CT molecular complexity index is 371. The molecule has 1 aromatic carbocycles. The van der Waals surface area contributed by atoms with Gasteiger partial charge in [-0.3, -0.25) is 4.90 Å². The Morgan fingerprint density at radius 2 is 2.06 bits per heavy atom. The quantitative estimate of drug-likeness (QED) is 0.869. The van der Waals surface area contributed by atoms with Gasteiger partial charge in [-0.15, -0.1) is 0 Å². The largest absolute Gasteiger partial charge is 0.326 e. The third-order valence-corrected chi connectivity index (χ3v) is 4.28. The summed E-state index contributed by atoms with van der Waals surface area (Å²) in [4.78, 5) is 2.34. The van der Waals surface area contributed by atoms with E-state index in [1.54, 1.807) is 0 Å². The summed E-state index contributed by atoms with van der Waals surface area (Å²) in [7, 11) is 2.13. The van der Waals surface area contributed by atoms with E-state index in [1.165, 1.54) is 5.56 Å². The van der Waals surface area contributed by atoms with Crippen LogP contribution in [0.2, 0.25) is 5.02 Å². The fourth-order valence-corrected chi connectivity index (χ4v) is 3.15. The van der Waals surface area contributed by atoms with Gasteiger partial charge in [0.25, 0.3) is 0 Å². The summed E-state index contributed by atoms with van der Waals surface area (Å²) in [6.07, 6.45) is 2.13. The van der Waals surface area contributed by atoms with Crippen molar-refractivity contribution in [3.8, 4) is 0 Å². The number of nitrogens with two attached hydrogens (primary N) is 1. The van der Waals surface area contributed by atoms with Crippen LogP contribution < -0.4 is 5.73 Å². The number of hydrogen-bond acceptors (Lipinski definition) is 3. The number of hydrogen-bond donors (Lipinski definition) is 1. The van der Waals surface area contributed by atoms with Gasteiger partial charge in [0.05, 0.1) is 0 Å². The molecule has 0 aliphatic carbocycles. The molecular formula is C14H23ClN2S. The van der Waals surface area contributed by atoms with Gasteiger partial charge < -0.3 is 5.73 Å². The lowest BCUT2D eigenvalue weighted by molar-refractivity contribution is 0.178. The minimum Gasteiger partial charge on any atom is -0.326 e. The molecular weight excluding hydrogens is 264 g/mol. The fraction of sp³-hybridized carbons (Fsp3) is 0.571. The second-order valence-corrected chi connectivity index (χ2v) is 6.18. The number of benzene rings is 1. The van der Waals surface area contributed by atoms with Gasteiger partial charge in [0.2, 0.25) is 0 Å². The van der Waals surface area contributed by atoms with Gasteiger partial charge in [-0.25, -0.2) is 0 Å². The fourth-order valence-electron chi connectivity index (χ4n) is 2.23. The molecule has 4 heteroatoms. The second kappa shape index (κ2) is 7.39. The van der Waals surface area contributed by atoms with Crippen LogP contribution in [0.25, 0.3) is 0 Å². The molecule has 0 saturated heterocycles. The Hall–Kier alpha value is -0.220. The molecule has 2 N–H and O–H groups in total. The van der Waals surface area contributed by atoms with E-state index in [0.717, 1.165) is 10.8 Å². The van der Waals surface area contributed by atoms with Crippen molar-refractivity contribution in [3.63, 3.8) is 0 Å². The average Bonchev–Trinajstić information content (AvgIpc) is 2.29. The van der Waals surface area contributed by atoms with E-state index in [-0.39, 0.29) is 12.1 Å². The highest BCUT2D eigenvalue weighted by atomic mass is 35.5. The van der Waals surface area contributed by atoms with Gasteiger partial charge >= 0.3 is 0 Å². The molecule has 0 radical (unpaired) electrons. The van der Waals surface area contributed by atoms with Crippen LogP contribution in [0.3, 0.4) is 0 Å². The predicted octanol–water partition coefficient (Wildman–Crippen LogP) is 3.41. The maximum Gasteiger partial charge on any atom is 0.0497 e. The van der Waals surface area contributed by atoms with Crippen LogP contribution in [0.1, 0.15) is 25.5 Å². The first-order chi connectivity index (χ1) is 8.47. The first kappa shape index (κ1) is 15.8. The first-order valence-corrected chi connectivity index (χ1v) is 7.96. The van der Waals surface area contributed by atoms with Crippen molar-refractivity contribution in [1.29, 1.82) is 0 Å². The van der Waals surface area contributed by atoms with Crippen LogP contribution in [0.15, 0.2) is 24.3 Å². The number of nitrogens with zero attached hydrogens (tertiary/aromatic N) is 1. The molecule has 0 fully saturated rings. The first-order valence-electron chi connectivity index (χ1n) is 6.19. The highest BCUT2D eigenvalue weighted by Crippen LogP contribution is 2.26. The monoisotopic (exact) mass is 286 g/mol. The summed E-state index contributed by atoms with van der Waals surface area (Å²) in [5.41, 5.74) is 7.35. The molecule has 1 rings (SSSR count). The smallest absolute Gasteiger partial charge is 0.0497 e. The summed E-state index contributed by atoms with van der Waals surface area (Å²) in [6.45, 7) is 4.28. The molecule has 0 aliphatic heterocycles. The SMILES string of the molecule is CSCC(C)N(C)C(c1cccc(Cl)c1)C(C)N. The molecule has 3 unspecified atom stereocenters. The van der Waals surface area contributed by atoms with Gasteiger partial charge in [-0.05, 0) is 44.8 Å². The summed E-state index contributed by atoms with van der Waals surface area (Å²) in [6, 6.07) is 8.74. The molecule has 2 nitrogen and oxygen atoms in total. The van der Waals surface area contributed by atoms with Gasteiger partial charge in [-0.2, -0.15) is 11.8 Å². The van der Waals surface area contributed by atoms with Gasteiger partial charge in [0, 0.05) is 28.9 Å². The van der Waals surface area contributed by atoms with E-state index in [4.69, 9.17) is 17.3 Å². The number of rotatable bonds is 6. The maximum absolute atomic E-state index is 6.16. The van der Waals surface area contributed by atoms with E-state index in [2.05, 4.69) is 31.2 Å². The molecule has 0 saturated carbocycles. The number of halogens is 1. The van der Waals surface area contributed by atoms with E-state index >= 15 is 0 Å². The lowest BCUT2D eigenvalue weighted by Gasteiger charge is -2.35. The van der Waals surface area contributed by atoms with Crippen molar-refractivity contribution >= 4 is 23.4 Å². The van der Waals surface area contributed by atoms with Gasteiger partial charge in [0.1, 0.15) is 0 Å². The van der Waals surface area contributed by atoms with E-state index in [9.17, 15) is 0 Å². The lowest BCUT2D eigenvalue weighted by Crippen LogP contribution is -2.42. The molecule has 0 spiro atoms. The summed E-state index contributed by atoms with van der Waals surface area (Å²) in [5, 5.41) is 0.768. The zero-order chi connectivity index (χ0) is 13.7. The third kappa shape index (κ3) is 4.16. The molecule has 0 aliphatic rings. The normalized spacial score (nSPS) is 16.6. The topological polar surface area (TPSA) is 29.3 Å².